The van der Waals surface area contributed by atoms with E-state index in [1.165, 1.54) is 31.2 Å². The first-order valence-electron chi connectivity index (χ1n) is 8.25. The summed E-state index contributed by atoms with van der Waals surface area (Å²) in [5.74, 6) is -1.38. The van der Waals surface area contributed by atoms with Crippen molar-refractivity contribution < 1.29 is 18.3 Å². The van der Waals surface area contributed by atoms with Crippen LogP contribution in [0.25, 0.3) is 0 Å². The van der Waals surface area contributed by atoms with Gasteiger partial charge in [0.25, 0.3) is 0 Å². The van der Waals surface area contributed by atoms with Crippen LogP contribution < -0.4 is 0 Å². The standard InChI is InChI=1S/C9H6FNO.C7H3BrFN.C4H7O.CH3.Sn/c1-6(12)8-3-2-7(5-11)4-9(8)10;8-6-2-1-5(4-10)3-7(6)9;1-3-5-4-2;;/h2-4H,1H3;1-3H;1,4H2,2H3;1H3;. The van der Waals surface area contributed by atoms with Gasteiger partial charge in [-0.3, -0.25) is 4.79 Å². The van der Waals surface area contributed by atoms with Gasteiger partial charge >= 0.3 is 54.7 Å². The van der Waals surface area contributed by atoms with E-state index in [1.54, 1.807) is 12.1 Å². The summed E-state index contributed by atoms with van der Waals surface area (Å²) in [4.78, 5) is 12.9. The molecule has 0 aliphatic heterocycles. The van der Waals surface area contributed by atoms with E-state index >= 15 is 0 Å². The van der Waals surface area contributed by atoms with Crippen molar-refractivity contribution in [2.45, 2.75) is 18.8 Å². The minimum Gasteiger partial charge on any atom is -0.294 e. The third-order valence-electron chi connectivity index (χ3n) is 3.12. The average molecular weight is 568 g/mol. The molecule has 0 aliphatic carbocycles. The van der Waals surface area contributed by atoms with E-state index in [9.17, 15) is 13.6 Å². The molecular formula is C21H19BrF2N2O2Sn. The summed E-state index contributed by atoms with van der Waals surface area (Å²) in [6.45, 7) is 7.77. The number of nitrogens with zero attached hydrogens (tertiary/aromatic N) is 2. The summed E-state index contributed by atoms with van der Waals surface area (Å²) in [5, 5.41) is 16.7. The Labute approximate surface area is 188 Å². The van der Waals surface area contributed by atoms with Gasteiger partial charge in [-0.15, -0.1) is 0 Å². The van der Waals surface area contributed by atoms with Crippen LogP contribution >= 0.6 is 15.9 Å². The SMILES string of the molecule is C=[C](OCC)[Sn][CH3].CC(=O)c1ccc(C#N)cc1F.N#Cc1ccc(Br)c(F)c1. The molecule has 0 fully saturated rings. The van der Waals surface area contributed by atoms with E-state index in [1.807, 2.05) is 13.0 Å². The molecule has 0 heterocycles. The van der Waals surface area contributed by atoms with Crippen molar-refractivity contribution in [2.75, 3.05) is 6.61 Å². The molecule has 29 heavy (non-hydrogen) atoms. The van der Waals surface area contributed by atoms with Crippen molar-refractivity contribution in [3.8, 4) is 12.1 Å². The fourth-order valence-electron chi connectivity index (χ4n) is 1.68. The van der Waals surface area contributed by atoms with Crippen LogP contribution in [0.4, 0.5) is 8.78 Å². The van der Waals surface area contributed by atoms with Crippen LogP contribution in [0.2, 0.25) is 4.94 Å². The van der Waals surface area contributed by atoms with Gasteiger partial charge in [0.15, 0.2) is 5.78 Å². The Morgan fingerprint density at radius 3 is 2.00 bits per heavy atom. The quantitative estimate of drug-likeness (QED) is 0.274. The molecule has 0 aromatic heterocycles. The van der Waals surface area contributed by atoms with E-state index in [2.05, 4.69) is 27.4 Å². The first-order valence-corrected chi connectivity index (χ1v) is 13.3. The monoisotopic (exact) mass is 568 g/mol. The van der Waals surface area contributed by atoms with E-state index in [0.717, 1.165) is 16.4 Å². The number of rotatable bonds is 4. The van der Waals surface area contributed by atoms with Crippen molar-refractivity contribution in [1.29, 1.82) is 10.5 Å². The second kappa shape index (κ2) is 14.7. The fraction of sp³-hybridized carbons (Fsp3) is 0.190. The van der Waals surface area contributed by atoms with Gasteiger partial charge in [-0.1, -0.05) is 0 Å². The summed E-state index contributed by atoms with van der Waals surface area (Å²) in [6.07, 6.45) is 0. The number of hydrogen-bond acceptors (Lipinski definition) is 4. The zero-order valence-corrected chi connectivity index (χ0v) is 20.7. The number of benzene rings is 2. The number of halogens is 3. The number of ketones is 1. The molecule has 2 aromatic carbocycles. The van der Waals surface area contributed by atoms with Gasteiger partial charge in [0, 0.05) is 0 Å². The Bertz CT molecular complexity index is 937. The molecule has 0 saturated carbocycles. The molecule has 0 saturated heterocycles. The van der Waals surface area contributed by atoms with Crippen LogP contribution in [0.3, 0.4) is 0 Å². The predicted octanol–water partition coefficient (Wildman–Crippen LogP) is 5.61. The smallest absolute Gasteiger partial charge is 0.162 e. The molecule has 0 N–H and O–H groups in total. The summed E-state index contributed by atoms with van der Waals surface area (Å²) in [7, 11) is 0. The fourth-order valence-corrected chi connectivity index (χ4v) is 2.75. The molecular weight excluding hydrogens is 549 g/mol. The summed E-state index contributed by atoms with van der Waals surface area (Å²) < 4.78 is 32.0. The van der Waals surface area contributed by atoms with Crippen LogP contribution in [0, 0.1) is 34.3 Å². The van der Waals surface area contributed by atoms with Crippen LogP contribution in [-0.4, -0.2) is 33.5 Å². The number of carbonyl (C=O) groups excluding carboxylic acids is 1. The van der Waals surface area contributed by atoms with Crippen molar-refractivity contribution in [3.05, 3.63) is 79.5 Å². The molecule has 0 bridgehead atoms. The Kier molecular flexibility index (Phi) is 13.6. The minimum absolute atomic E-state index is 0.0222. The normalized spacial score (nSPS) is 8.83. The maximum absolute atomic E-state index is 12.9. The molecule has 2 radical (unpaired) electrons. The van der Waals surface area contributed by atoms with E-state index in [-0.39, 0.29) is 38.1 Å². The zero-order chi connectivity index (χ0) is 22.4. The number of ether oxygens (including phenoxy) is 1. The van der Waals surface area contributed by atoms with Crippen molar-refractivity contribution in [3.63, 3.8) is 0 Å². The molecule has 0 atom stereocenters. The Morgan fingerprint density at radius 1 is 1.14 bits per heavy atom. The summed E-state index contributed by atoms with van der Waals surface area (Å²) in [6, 6.07) is 11.6. The van der Waals surface area contributed by atoms with Gasteiger partial charge < -0.3 is 0 Å². The van der Waals surface area contributed by atoms with Gasteiger partial charge in [-0.2, -0.15) is 10.5 Å². The summed E-state index contributed by atoms with van der Waals surface area (Å²) in [5.41, 5.74) is 0.576. The van der Waals surface area contributed by atoms with E-state index < -0.39 is 11.6 Å². The maximum atomic E-state index is 12.9. The number of Topliss-reactive ketones (excluding diaryl/α,β-unsaturated/α-hetero) is 1. The van der Waals surface area contributed by atoms with Crippen LogP contribution in [0.5, 0.6) is 0 Å². The van der Waals surface area contributed by atoms with Crippen LogP contribution in [0.1, 0.15) is 35.3 Å². The summed E-state index contributed by atoms with van der Waals surface area (Å²) >= 11 is 2.66. The molecule has 8 heteroatoms. The maximum Gasteiger partial charge on any atom is 0.162 e. The van der Waals surface area contributed by atoms with Crippen molar-refractivity contribution in [2.24, 2.45) is 0 Å². The Hall–Kier alpha value is -2.23. The molecule has 4 nitrogen and oxygen atoms in total. The van der Waals surface area contributed by atoms with Crippen molar-refractivity contribution >= 4 is 42.9 Å². The van der Waals surface area contributed by atoms with Gasteiger partial charge in [-0.05, 0) is 59.3 Å². The largest absolute Gasteiger partial charge is 0.294 e. The van der Waals surface area contributed by atoms with Crippen LogP contribution in [-0.2, 0) is 4.74 Å². The molecule has 0 aliphatic rings. The molecule has 0 amide bonds. The third-order valence-corrected chi connectivity index (χ3v) is 5.77. The first-order chi connectivity index (χ1) is 13.7. The van der Waals surface area contributed by atoms with Gasteiger partial charge in [0.1, 0.15) is 11.6 Å². The molecule has 0 spiro atoms. The third kappa shape index (κ3) is 10.8. The van der Waals surface area contributed by atoms with Gasteiger partial charge in [0.2, 0.25) is 0 Å². The number of nitriles is 2. The molecule has 150 valence electrons. The van der Waals surface area contributed by atoms with Gasteiger partial charge in [0.05, 0.1) is 33.3 Å². The minimum atomic E-state index is -0.637. The Balaban J connectivity index is 0.000000421. The van der Waals surface area contributed by atoms with Crippen LogP contribution in [0.15, 0.2) is 51.2 Å². The second-order valence-corrected chi connectivity index (χ2v) is 9.08. The zero-order valence-electron chi connectivity index (χ0n) is 16.2. The number of hydrogen-bond donors (Lipinski definition) is 0. The molecule has 0 unspecified atom stereocenters. The molecule has 2 aromatic rings. The predicted molar refractivity (Wildman–Crippen MR) is 112 cm³/mol. The van der Waals surface area contributed by atoms with E-state index in [0.29, 0.717) is 10.0 Å². The van der Waals surface area contributed by atoms with E-state index in [4.69, 9.17) is 15.3 Å². The Morgan fingerprint density at radius 2 is 1.66 bits per heavy atom. The van der Waals surface area contributed by atoms with Gasteiger partial charge in [-0.25, -0.2) is 8.78 Å². The second-order valence-electron chi connectivity index (χ2n) is 5.21. The average Bonchev–Trinajstić information content (AvgIpc) is 2.70. The first kappa shape index (κ1) is 26.8. The topological polar surface area (TPSA) is 73.9 Å². The van der Waals surface area contributed by atoms with Crippen molar-refractivity contribution in [1.82, 2.24) is 0 Å². The molecule has 2 rings (SSSR count). The number of carbonyl (C=O) groups is 1.